The number of ether oxygens (including phenoxy) is 2. The molecule has 9 heteroatoms. The SMILES string of the molecule is COc1cc(OC)cc(C(=O)NNC(=O)CN2C(=O)Cc3ccccc3C2=O)c1. The summed E-state index contributed by atoms with van der Waals surface area (Å²) in [6, 6.07) is 11.3. The molecule has 29 heavy (non-hydrogen) atoms. The van der Waals surface area contributed by atoms with Gasteiger partial charge in [0.2, 0.25) is 5.91 Å². The van der Waals surface area contributed by atoms with E-state index in [0.717, 1.165) is 4.90 Å². The van der Waals surface area contributed by atoms with E-state index in [0.29, 0.717) is 22.6 Å². The van der Waals surface area contributed by atoms with Crippen LogP contribution in [0.3, 0.4) is 0 Å². The molecular weight excluding hydrogens is 378 g/mol. The van der Waals surface area contributed by atoms with Gasteiger partial charge in [0, 0.05) is 17.2 Å². The lowest BCUT2D eigenvalue weighted by Gasteiger charge is -2.26. The fraction of sp³-hybridized carbons (Fsp3) is 0.200. The first-order chi connectivity index (χ1) is 13.9. The Hall–Kier alpha value is -3.88. The molecule has 2 aromatic rings. The minimum atomic E-state index is -0.714. The number of benzene rings is 2. The lowest BCUT2D eigenvalue weighted by atomic mass is 9.98. The molecule has 0 radical (unpaired) electrons. The van der Waals surface area contributed by atoms with Crippen molar-refractivity contribution in [3.8, 4) is 11.5 Å². The van der Waals surface area contributed by atoms with Gasteiger partial charge in [-0.3, -0.25) is 34.9 Å². The van der Waals surface area contributed by atoms with Crippen LogP contribution in [0.2, 0.25) is 0 Å². The Morgan fingerprint density at radius 2 is 1.66 bits per heavy atom. The van der Waals surface area contributed by atoms with Crippen LogP contribution in [0.15, 0.2) is 42.5 Å². The molecule has 4 amide bonds. The van der Waals surface area contributed by atoms with Gasteiger partial charge in [-0.25, -0.2) is 0 Å². The Balaban J connectivity index is 1.62. The molecule has 2 aromatic carbocycles. The van der Waals surface area contributed by atoms with Crippen molar-refractivity contribution in [3.05, 3.63) is 59.2 Å². The number of carbonyl (C=O) groups excluding carboxylic acids is 4. The number of nitrogens with one attached hydrogen (secondary N) is 2. The molecule has 0 fully saturated rings. The summed E-state index contributed by atoms with van der Waals surface area (Å²) in [5, 5.41) is 0. The van der Waals surface area contributed by atoms with E-state index in [1.165, 1.54) is 26.4 Å². The van der Waals surface area contributed by atoms with Crippen LogP contribution < -0.4 is 20.3 Å². The number of hydrazine groups is 1. The quantitative estimate of drug-likeness (QED) is 0.567. The number of methoxy groups -OCH3 is 2. The number of hydrogen-bond donors (Lipinski definition) is 2. The monoisotopic (exact) mass is 397 g/mol. The minimum Gasteiger partial charge on any atom is -0.497 e. The number of imide groups is 1. The lowest BCUT2D eigenvalue weighted by Crippen LogP contribution is -2.51. The minimum absolute atomic E-state index is 0.0329. The van der Waals surface area contributed by atoms with Gasteiger partial charge < -0.3 is 9.47 Å². The summed E-state index contributed by atoms with van der Waals surface area (Å²) < 4.78 is 10.2. The molecule has 9 nitrogen and oxygen atoms in total. The Morgan fingerprint density at radius 1 is 1.00 bits per heavy atom. The van der Waals surface area contributed by atoms with Crippen molar-refractivity contribution in [2.24, 2.45) is 0 Å². The molecule has 0 atom stereocenters. The van der Waals surface area contributed by atoms with Crippen molar-refractivity contribution < 1.29 is 28.7 Å². The van der Waals surface area contributed by atoms with E-state index in [1.54, 1.807) is 30.3 Å². The van der Waals surface area contributed by atoms with Gasteiger partial charge in [-0.1, -0.05) is 18.2 Å². The number of rotatable bonds is 5. The van der Waals surface area contributed by atoms with E-state index in [2.05, 4.69) is 10.9 Å². The molecule has 3 rings (SSSR count). The van der Waals surface area contributed by atoms with Gasteiger partial charge >= 0.3 is 0 Å². The maximum atomic E-state index is 12.5. The van der Waals surface area contributed by atoms with Gasteiger partial charge in [-0.2, -0.15) is 0 Å². The van der Waals surface area contributed by atoms with Crippen LogP contribution in [0.4, 0.5) is 0 Å². The van der Waals surface area contributed by atoms with Crippen LogP contribution in [0, 0.1) is 0 Å². The predicted molar refractivity (Wildman–Crippen MR) is 101 cm³/mol. The highest BCUT2D eigenvalue weighted by Crippen LogP contribution is 2.22. The summed E-state index contributed by atoms with van der Waals surface area (Å²) in [6.07, 6.45) is 0.0329. The standard InChI is InChI=1S/C20H19N3O6/c1-28-14-7-13(8-15(10-14)29-2)19(26)22-21-17(24)11-23-18(25)9-12-5-3-4-6-16(12)20(23)27/h3-8,10H,9,11H2,1-2H3,(H,21,24)(H,22,26). The maximum absolute atomic E-state index is 12.5. The lowest BCUT2D eigenvalue weighted by molar-refractivity contribution is -0.133. The fourth-order valence-electron chi connectivity index (χ4n) is 2.88. The van der Waals surface area contributed by atoms with Gasteiger partial charge in [0.15, 0.2) is 0 Å². The van der Waals surface area contributed by atoms with E-state index >= 15 is 0 Å². The largest absolute Gasteiger partial charge is 0.497 e. The second kappa shape index (κ2) is 8.42. The topological polar surface area (TPSA) is 114 Å². The van der Waals surface area contributed by atoms with Crippen molar-refractivity contribution in [3.63, 3.8) is 0 Å². The highest BCUT2D eigenvalue weighted by Gasteiger charge is 2.32. The van der Waals surface area contributed by atoms with E-state index in [1.807, 2.05) is 0 Å². The second-order valence-electron chi connectivity index (χ2n) is 6.22. The summed E-state index contributed by atoms with van der Waals surface area (Å²) in [4.78, 5) is 50.0. The first-order valence-corrected chi connectivity index (χ1v) is 8.67. The van der Waals surface area contributed by atoms with Crippen LogP contribution >= 0.6 is 0 Å². The highest BCUT2D eigenvalue weighted by molar-refractivity contribution is 6.11. The summed E-state index contributed by atoms with van der Waals surface area (Å²) in [7, 11) is 2.89. The van der Waals surface area contributed by atoms with Crippen molar-refractivity contribution in [1.29, 1.82) is 0 Å². The van der Waals surface area contributed by atoms with E-state index in [9.17, 15) is 19.2 Å². The highest BCUT2D eigenvalue weighted by atomic mass is 16.5. The summed E-state index contributed by atoms with van der Waals surface area (Å²) in [6.45, 7) is -0.506. The Labute approximate surface area is 166 Å². The third kappa shape index (κ3) is 4.34. The molecule has 1 aliphatic rings. The molecule has 0 spiro atoms. The summed E-state index contributed by atoms with van der Waals surface area (Å²) >= 11 is 0. The number of nitrogens with zero attached hydrogens (tertiary/aromatic N) is 1. The maximum Gasteiger partial charge on any atom is 0.269 e. The van der Waals surface area contributed by atoms with Crippen molar-refractivity contribution in [2.45, 2.75) is 6.42 Å². The molecule has 150 valence electrons. The van der Waals surface area contributed by atoms with Crippen molar-refractivity contribution in [2.75, 3.05) is 20.8 Å². The van der Waals surface area contributed by atoms with Crippen LogP contribution in [0.1, 0.15) is 26.3 Å². The van der Waals surface area contributed by atoms with Gasteiger partial charge in [0.25, 0.3) is 17.7 Å². The first kappa shape index (κ1) is 19.9. The Bertz CT molecular complexity index is 966. The third-order valence-electron chi connectivity index (χ3n) is 4.37. The molecule has 0 saturated carbocycles. The molecule has 0 bridgehead atoms. The van der Waals surface area contributed by atoms with E-state index in [-0.39, 0.29) is 12.0 Å². The molecule has 1 aliphatic heterocycles. The smallest absolute Gasteiger partial charge is 0.269 e. The molecule has 0 aliphatic carbocycles. The van der Waals surface area contributed by atoms with Gasteiger partial charge in [0.1, 0.15) is 18.0 Å². The average molecular weight is 397 g/mol. The van der Waals surface area contributed by atoms with Gasteiger partial charge in [0.05, 0.1) is 20.6 Å². The Morgan fingerprint density at radius 3 is 2.31 bits per heavy atom. The van der Waals surface area contributed by atoms with Crippen LogP contribution in [0.25, 0.3) is 0 Å². The van der Waals surface area contributed by atoms with E-state index in [4.69, 9.17) is 9.47 Å². The normalized spacial score (nSPS) is 12.8. The Kier molecular flexibility index (Phi) is 5.77. The molecule has 0 saturated heterocycles. The van der Waals surface area contributed by atoms with Gasteiger partial charge in [-0.15, -0.1) is 0 Å². The van der Waals surface area contributed by atoms with E-state index < -0.39 is 30.2 Å². The number of fused-ring (bicyclic) bond motifs is 1. The zero-order valence-corrected chi connectivity index (χ0v) is 15.9. The zero-order valence-electron chi connectivity index (χ0n) is 15.9. The van der Waals surface area contributed by atoms with Gasteiger partial charge in [-0.05, 0) is 23.8 Å². The summed E-state index contributed by atoms with van der Waals surface area (Å²) in [5.41, 5.74) is 5.64. The first-order valence-electron chi connectivity index (χ1n) is 8.67. The predicted octanol–water partition coefficient (Wildman–Crippen LogP) is 0.690. The third-order valence-corrected chi connectivity index (χ3v) is 4.37. The van der Waals surface area contributed by atoms with Crippen LogP contribution in [0.5, 0.6) is 11.5 Å². The molecular formula is C20H19N3O6. The average Bonchev–Trinajstić information content (AvgIpc) is 2.74. The second-order valence-corrected chi connectivity index (χ2v) is 6.22. The van der Waals surface area contributed by atoms with Crippen LogP contribution in [-0.2, 0) is 16.0 Å². The summed E-state index contributed by atoms with van der Waals surface area (Å²) in [5.74, 6) is -1.54. The van der Waals surface area contributed by atoms with Crippen LogP contribution in [-0.4, -0.2) is 49.3 Å². The molecule has 0 unspecified atom stereocenters. The molecule has 1 heterocycles. The zero-order chi connectivity index (χ0) is 21.0. The number of amides is 4. The number of carbonyl (C=O) groups is 4. The molecule has 0 aromatic heterocycles. The van der Waals surface area contributed by atoms with Crippen molar-refractivity contribution in [1.82, 2.24) is 15.8 Å². The molecule has 2 N–H and O–H groups in total. The fourth-order valence-corrected chi connectivity index (χ4v) is 2.88. The van der Waals surface area contributed by atoms with Crippen molar-refractivity contribution >= 4 is 23.6 Å². The number of hydrogen-bond acceptors (Lipinski definition) is 6.